The number of hydrogen-bond acceptors (Lipinski definition) is 2. The first kappa shape index (κ1) is 14.3. The zero-order chi connectivity index (χ0) is 11.5. The van der Waals surface area contributed by atoms with Crippen molar-refractivity contribution in [2.75, 3.05) is 20.7 Å². The summed E-state index contributed by atoms with van der Waals surface area (Å²) in [5.74, 6) is 0. The van der Waals surface area contributed by atoms with Crippen LogP contribution in [-0.4, -0.2) is 31.7 Å². The molecule has 0 aliphatic heterocycles. The lowest BCUT2D eigenvalue weighted by Gasteiger charge is -2.10. The molecule has 0 aliphatic rings. The van der Waals surface area contributed by atoms with Crippen LogP contribution in [0.5, 0.6) is 0 Å². The summed E-state index contributed by atoms with van der Waals surface area (Å²) in [6.07, 6.45) is 8.48. The van der Waals surface area contributed by atoms with Crippen molar-refractivity contribution in [3.05, 3.63) is 0 Å². The number of unbranched alkanes of at least 4 members (excludes halogenated alkanes) is 6. The van der Waals surface area contributed by atoms with E-state index in [1.165, 1.54) is 43.4 Å². The van der Waals surface area contributed by atoms with Crippen LogP contribution in [0.1, 0.15) is 51.9 Å². The molecule has 90 valence electrons. The Kier molecular flexibility index (Phi) is 9.33. The SMILES string of the molecule is CCCCCCCCCOC(=O)N(C)C. The van der Waals surface area contributed by atoms with Crippen molar-refractivity contribution in [1.29, 1.82) is 0 Å². The molecular formula is C12H25NO2. The van der Waals surface area contributed by atoms with E-state index in [2.05, 4.69) is 6.92 Å². The summed E-state index contributed by atoms with van der Waals surface area (Å²) in [6.45, 7) is 2.78. The average Bonchev–Trinajstić information content (AvgIpc) is 2.21. The largest absolute Gasteiger partial charge is 0.449 e. The molecule has 1 amide bonds. The maximum atomic E-state index is 11.0. The number of ether oxygens (including phenoxy) is 1. The van der Waals surface area contributed by atoms with Crippen molar-refractivity contribution < 1.29 is 9.53 Å². The van der Waals surface area contributed by atoms with Crippen LogP contribution in [0.2, 0.25) is 0 Å². The maximum Gasteiger partial charge on any atom is 0.409 e. The van der Waals surface area contributed by atoms with E-state index in [-0.39, 0.29) is 6.09 Å². The molecule has 0 atom stereocenters. The minimum atomic E-state index is -0.235. The number of carbonyl (C=O) groups is 1. The molecule has 0 spiro atoms. The van der Waals surface area contributed by atoms with Crippen molar-refractivity contribution >= 4 is 6.09 Å². The second-order valence-electron chi connectivity index (χ2n) is 4.13. The Morgan fingerprint density at radius 1 is 1.00 bits per heavy atom. The van der Waals surface area contributed by atoms with Crippen LogP contribution >= 0.6 is 0 Å². The van der Waals surface area contributed by atoms with Gasteiger partial charge in [-0.15, -0.1) is 0 Å². The van der Waals surface area contributed by atoms with Crippen LogP contribution in [0.15, 0.2) is 0 Å². The second kappa shape index (κ2) is 9.81. The minimum absolute atomic E-state index is 0.235. The van der Waals surface area contributed by atoms with Gasteiger partial charge >= 0.3 is 6.09 Å². The summed E-state index contributed by atoms with van der Waals surface area (Å²) in [4.78, 5) is 12.5. The number of hydrogen-bond donors (Lipinski definition) is 0. The van der Waals surface area contributed by atoms with Crippen molar-refractivity contribution in [3.63, 3.8) is 0 Å². The van der Waals surface area contributed by atoms with Gasteiger partial charge in [0.05, 0.1) is 6.61 Å². The van der Waals surface area contributed by atoms with Crippen LogP contribution in [0.3, 0.4) is 0 Å². The summed E-state index contributed by atoms with van der Waals surface area (Å²) in [5, 5.41) is 0. The third kappa shape index (κ3) is 9.57. The molecular weight excluding hydrogens is 190 g/mol. The summed E-state index contributed by atoms with van der Waals surface area (Å²) in [7, 11) is 3.40. The Morgan fingerprint density at radius 2 is 1.53 bits per heavy atom. The molecule has 0 aromatic heterocycles. The van der Waals surface area contributed by atoms with E-state index in [0.29, 0.717) is 6.61 Å². The van der Waals surface area contributed by atoms with Gasteiger partial charge < -0.3 is 9.64 Å². The van der Waals surface area contributed by atoms with Crippen molar-refractivity contribution in [2.45, 2.75) is 51.9 Å². The standard InChI is InChI=1S/C12H25NO2/c1-4-5-6-7-8-9-10-11-15-12(14)13(2)3/h4-11H2,1-3H3. The molecule has 0 heterocycles. The van der Waals surface area contributed by atoms with Crippen LogP contribution in [-0.2, 0) is 4.74 Å². The zero-order valence-electron chi connectivity index (χ0n) is 10.4. The van der Waals surface area contributed by atoms with Crippen LogP contribution in [0, 0.1) is 0 Å². The van der Waals surface area contributed by atoms with Gasteiger partial charge in [-0.2, -0.15) is 0 Å². The van der Waals surface area contributed by atoms with E-state index in [1.807, 2.05) is 0 Å². The fourth-order valence-electron chi connectivity index (χ4n) is 1.35. The number of amides is 1. The first-order valence-electron chi connectivity index (χ1n) is 6.02. The third-order valence-electron chi connectivity index (χ3n) is 2.34. The Balaban J connectivity index is 3.08. The smallest absolute Gasteiger partial charge is 0.409 e. The molecule has 0 N–H and O–H groups in total. The van der Waals surface area contributed by atoms with Gasteiger partial charge in [0, 0.05) is 14.1 Å². The van der Waals surface area contributed by atoms with Gasteiger partial charge in [-0.05, 0) is 6.42 Å². The fraction of sp³-hybridized carbons (Fsp3) is 0.917. The van der Waals surface area contributed by atoms with Gasteiger partial charge in [0.25, 0.3) is 0 Å². The third-order valence-corrected chi connectivity index (χ3v) is 2.34. The molecule has 15 heavy (non-hydrogen) atoms. The first-order valence-corrected chi connectivity index (χ1v) is 6.02. The molecule has 0 unspecified atom stereocenters. The molecule has 0 rings (SSSR count). The predicted molar refractivity (Wildman–Crippen MR) is 63.0 cm³/mol. The molecule has 0 aliphatic carbocycles. The molecule has 0 fully saturated rings. The zero-order valence-corrected chi connectivity index (χ0v) is 10.4. The van der Waals surface area contributed by atoms with Crippen LogP contribution in [0.4, 0.5) is 4.79 Å². The van der Waals surface area contributed by atoms with E-state index in [4.69, 9.17) is 4.74 Å². The number of nitrogens with zero attached hydrogens (tertiary/aromatic N) is 1. The summed E-state index contributed by atoms with van der Waals surface area (Å²) in [6, 6.07) is 0. The molecule has 0 saturated heterocycles. The van der Waals surface area contributed by atoms with E-state index in [1.54, 1.807) is 14.1 Å². The van der Waals surface area contributed by atoms with Gasteiger partial charge in [-0.3, -0.25) is 0 Å². The lowest BCUT2D eigenvalue weighted by atomic mass is 10.1. The Bertz CT molecular complexity index is 158. The minimum Gasteiger partial charge on any atom is -0.449 e. The topological polar surface area (TPSA) is 29.5 Å². The van der Waals surface area contributed by atoms with Crippen LogP contribution < -0.4 is 0 Å². The first-order chi connectivity index (χ1) is 7.18. The average molecular weight is 215 g/mol. The Labute approximate surface area is 93.8 Å². The van der Waals surface area contributed by atoms with Gasteiger partial charge in [0.1, 0.15) is 0 Å². The van der Waals surface area contributed by atoms with Crippen LogP contribution in [0.25, 0.3) is 0 Å². The van der Waals surface area contributed by atoms with E-state index in [0.717, 1.165) is 6.42 Å². The molecule has 0 aromatic carbocycles. The van der Waals surface area contributed by atoms with Crippen molar-refractivity contribution in [2.24, 2.45) is 0 Å². The second-order valence-corrected chi connectivity index (χ2v) is 4.13. The summed E-state index contributed by atoms with van der Waals surface area (Å²) in [5.41, 5.74) is 0. The maximum absolute atomic E-state index is 11.0. The predicted octanol–water partition coefficient (Wildman–Crippen LogP) is 3.44. The number of carbonyl (C=O) groups excluding carboxylic acids is 1. The fourth-order valence-corrected chi connectivity index (χ4v) is 1.35. The molecule has 3 heteroatoms. The van der Waals surface area contributed by atoms with Gasteiger partial charge in [-0.25, -0.2) is 4.79 Å². The summed E-state index contributed by atoms with van der Waals surface area (Å²) < 4.78 is 5.02. The highest BCUT2D eigenvalue weighted by Gasteiger charge is 2.02. The number of rotatable bonds is 8. The molecule has 0 bridgehead atoms. The lowest BCUT2D eigenvalue weighted by molar-refractivity contribution is 0.116. The quantitative estimate of drug-likeness (QED) is 0.580. The highest BCUT2D eigenvalue weighted by Crippen LogP contribution is 2.06. The van der Waals surface area contributed by atoms with Crippen molar-refractivity contribution in [1.82, 2.24) is 4.90 Å². The lowest BCUT2D eigenvalue weighted by Crippen LogP contribution is -2.23. The van der Waals surface area contributed by atoms with Gasteiger partial charge in [-0.1, -0.05) is 45.4 Å². The van der Waals surface area contributed by atoms with E-state index < -0.39 is 0 Å². The molecule has 0 radical (unpaired) electrons. The molecule has 0 aromatic rings. The van der Waals surface area contributed by atoms with Crippen molar-refractivity contribution in [3.8, 4) is 0 Å². The van der Waals surface area contributed by atoms with Gasteiger partial charge in [0.15, 0.2) is 0 Å². The normalized spacial score (nSPS) is 10.1. The Morgan fingerprint density at radius 3 is 2.07 bits per heavy atom. The van der Waals surface area contributed by atoms with E-state index >= 15 is 0 Å². The Hall–Kier alpha value is -0.730. The van der Waals surface area contributed by atoms with Gasteiger partial charge in [0.2, 0.25) is 0 Å². The highest BCUT2D eigenvalue weighted by molar-refractivity contribution is 5.66. The molecule has 3 nitrogen and oxygen atoms in total. The summed E-state index contributed by atoms with van der Waals surface area (Å²) >= 11 is 0. The monoisotopic (exact) mass is 215 g/mol. The van der Waals surface area contributed by atoms with E-state index in [9.17, 15) is 4.79 Å². The molecule has 0 saturated carbocycles. The highest BCUT2D eigenvalue weighted by atomic mass is 16.6.